The Morgan fingerprint density at radius 3 is 2.52 bits per heavy atom. The summed E-state index contributed by atoms with van der Waals surface area (Å²) >= 11 is 9.06. The maximum atomic E-state index is 5.60. The standard InChI is InChI=1S/C21H25BrN2S/c1-16-5-4-6-17(15-16)11-14-21(12-2-3-13-21)24-20(25)23-19-9-7-18(22)8-10-19/h4-10,15H,2-3,11-14H2,1H3,(H2,23,24,25). The molecule has 0 unspecified atom stereocenters. The first-order chi connectivity index (χ1) is 12.0. The fraction of sp³-hybridized carbons (Fsp3) is 0.381. The van der Waals surface area contributed by atoms with E-state index in [-0.39, 0.29) is 5.54 Å². The van der Waals surface area contributed by atoms with E-state index in [2.05, 4.69) is 57.8 Å². The second-order valence-electron chi connectivity index (χ2n) is 7.06. The maximum absolute atomic E-state index is 5.60. The van der Waals surface area contributed by atoms with E-state index in [4.69, 9.17) is 12.2 Å². The van der Waals surface area contributed by atoms with Crippen LogP contribution in [0.15, 0.2) is 53.0 Å². The molecule has 1 aliphatic carbocycles. The number of aryl methyl sites for hydroxylation is 2. The van der Waals surface area contributed by atoms with E-state index < -0.39 is 0 Å². The highest BCUT2D eigenvalue weighted by molar-refractivity contribution is 9.10. The second kappa shape index (κ2) is 8.33. The highest BCUT2D eigenvalue weighted by Crippen LogP contribution is 2.34. The number of anilines is 1. The van der Waals surface area contributed by atoms with E-state index in [0.717, 1.165) is 28.1 Å². The average molecular weight is 417 g/mol. The molecular formula is C21H25BrN2S. The molecular weight excluding hydrogens is 392 g/mol. The molecule has 25 heavy (non-hydrogen) atoms. The summed E-state index contributed by atoms with van der Waals surface area (Å²) < 4.78 is 1.07. The molecule has 0 aromatic heterocycles. The summed E-state index contributed by atoms with van der Waals surface area (Å²) in [4.78, 5) is 0. The van der Waals surface area contributed by atoms with Gasteiger partial charge in [0.1, 0.15) is 0 Å². The molecule has 0 spiro atoms. The Hall–Kier alpha value is -1.39. The van der Waals surface area contributed by atoms with Gasteiger partial charge in [-0.3, -0.25) is 0 Å². The van der Waals surface area contributed by atoms with Crippen LogP contribution in [0.25, 0.3) is 0 Å². The number of thiocarbonyl (C=S) groups is 1. The van der Waals surface area contributed by atoms with Crippen molar-refractivity contribution in [1.82, 2.24) is 5.32 Å². The van der Waals surface area contributed by atoms with Gasteiger partial charge in [-0.05, 0) is 74.7 Å². The molecule has 0 radical (unpaired) electrons. The largest absolute Gasteiger partial charge is 0.357 e. The van der Waals surface area contributed by atoms with Crippen LogP contribution in [0.5, 0.6) is 0 Å². The van der Waals surface area contributed by atoms with Crippen LogP contribution in [0.2, 0.25) is 0 Å². The number of nitrogens with one attached hydrogen (secondary N) is 2. The minimum atomic E-state index is 0.128. The van der Waals surface area contributed by atoms with Crippen molar-refractivity contribution in [2.45, 2.75) is 51.0 Å². The van der Waals surface area contributed by atoms with Crippen molar-refractivity contribution in [3.63, 3.8) is 0 Å². The molecule has 1 saturated carbocycles. The van der Waals surface area contributed by atoms with E-state index >= 15 is 0 Å². The average Bonchev–Trinajstić information content (AvgIpc) is 3.04. The molecule has 0 bridgehead atoms. The van der Waals surface area contributed by atoms with E-state index in [1.54, 1.807) is 0 Å². The Balaban J connectivity index is 1.61. The van der Waals surface area contributed by atoms with Crippen LogP contribution >= 0.6 is 28.1 Å². The summed E-state index contributed by atoms with van der Waals surface area (Å²) in [5, 5.41) is 7.71. The Kier molecular flexibility index (Phi) is 6.13. The van der Waals surface area contributed by atoms with E-state index in [1.807, 2.05) is 24.3 Å². The lowest BCUT2D eigenvalue weighted by atomic mass is 9.89. The maximum Gasteiger partial charge on any atom is 0.171 e. The minimum absolute atomic E-state index is 0.128. The van der Waals surface area contributed by atoms with Crippen molar-refractivity contribution >= 4 is 38.9 Å². The summed E-state index contributed by atoms with van der Waals surface area (Å²) in [6.45, 7) is 2.16. The zero-order valence-electron chi connectivity index (χ0n) is 14.6. The summed E-state index contributed by atoms with van der Waals surface area (Å²) in [5.41, 5.74) is 3.90. The number of benzene rings is 2. The molecule has 0 atom stereocenters. The van der Waals surface area contributed by atoms with E-state index in [0.29, 0.717) is 0 Å². The first kappa shape index (κ1) is 18.4. The lowest BCUT2D eigenvalue weighted by Gasteiger charge is -2.32. The van der Waals surface area contributed by atoms with Gasteiger partial charge in [0.15, 0.2) is 5.11 Å². The van der Waals surface area contributed by atoms with Crippen LogP contribution in [-0.2, 0) is 6.42 Å². The Morgan fingerprint density at radius 1 is 1.12 bits per heavy atom. The Morgan fingerprint density at radius 2 is 1.84 bits per heavy atom. The summed E-state index contributed by atoms with van der Waals surface area (Å²) in [6.07, 6.45) is 7.17. The number of halogens is 1. The third kappa shape index (κ3) is 5.29. The van der Waals surface area contributed by atoms with Crippen molar-refractivity contribution in [3.05, 3.63) is 64.1 Å². The third-order valence-electron chi connectivity index (χ3n) is 5.02. The molecule has 0 amide bonds. The Labute approximate surface area is 164 Å². The van der Waals surface area contributed by atoms with Crippen LogP contribution in [0.4, 0.5) is 5.69 Å². The van der Waals surface area contributed by atoms with Crippen molar-refractivity contribution in [3.8, 4) is 0 Å². The topological polar surface area (TPSA) is 24.1 Å². The van der Waals surface area contributed by atoms with E-state index in [1.165, 1.54) is 36.8 Å². The molecule has 2 aromatic rings. The van der Waals surface area contributed by atoms with Gasteiger partial charge in [-0.25, -0.2) is 0 Å². The zero-order chi connectivity index (χ0) is 17.7. The Bertz CT molecular complexity index is 721. The molecule has 2 N–H and O–H groups in total. The SMILES string of the molecule is Cc1cccc(CCC2(NC(=S)Nc3ccc(Br)cc3)CCCC2)c1. The van der Waals surface area contributed by atoms with E-state index in [9.17, 15) is 0 Å². The van der Waals surface area contributed by atoms with Crippen molar-refractivity contribution in [2.24, 2.45) is 0 Å². The molecule has 2 nitrogen and oxygen atoms in total. The summed E-state index contributed by atoms with van der Waals surface area (Å²) in [5.74, 6) is 0. The van der Waals surface area contributed by atoms with Crippen molar-refractivity contribution in [2.75, 3.05) is 5.32 Å². The molecule has 4 heteroatoms. The molecule has 0 heterocycles. The fourth-order valence-corrected chi connectivity index (χ4v) is 4.28. The van der Waals surface area contributed by atoms with Gasteiger partial charge in [-0.15, -0.1) is 0 Å². The zero-order valence-corrected chi connectivity index (χ0v) is 17.1. The summed E-state index contributed by atoms with van der Waals surface area (Å²) in [6, 6.07) is 16.9. The monoisotopic (exact) mass is 416 g/mol. The molecule has 1 aliphatic rings. The van der Waals surface area contributed by atoms with Gasteiger partial charge in [-0.1, -0.05) is 58.6 Å². The van der Waals surface area contributed by atoms with Crippen molar-refractivity contribution < 1.29 is 0 Å². The molecule has 3 rings (SSSR count). The minimum Gasteiger partial charge on any atom is -0.357 e. The van der Waals surface area contributed by atoms with Gasteiger partial charge in [-0.2, -0.15) is 0 Å². The predicted molar refractivity (Wildman–Crippen MR) is 114 cm³/mol. The first-order valence-electron chi connectivity index (χ1n) is 8.95. The third-order valence-corrected chi connectivity index (χ3v) is 5.75. The van der Waals surface area contributed by atoms with Crippen LogP contribution in [0, 0.1) is 6.92 Å². The van der Waals surface area contributed by atoms with Crippen LogP contribution in [0.3, 0.4) is 0 Å². The molecule has 0 aliphatic heterocycles. The lowest BCUT2D eigenvalue weighted by Crippen LogP contribution is -2.48. The molecule has 1 fully saturated rings. The number of hydrogen-bond donors (Lipinski definition) is 2. The molecule has 132 valence electrons. The summed E-state index contributed by atoms with van der Waals surface area (Å²) in [7, 11) is 0. The highest BCUT2D eigenvalue weighted by Gasteiger charge is 2.34. The smallest absolute Gasteiger partial charge is 0.171 e. The van der Waals surface area contributed by atoms with Gasteiger partial charge in [0.2, 0.25) is 0 Å². The van der Waals surface area contributed by atoms with Gasteiger partial charge in [0.25, 0.3) is 0 Å². The van der Waals surface area contributed by atoms with Gasteiger partial charge in [0, 0.05) is 15.7 Å². The normalized spacial score (nSPS) is 15.8. The molecule has 0 saturated heterocycles. The quantitative estimate of drug-likeness (QED) is 0.585. The van der Waals surface area contributed by atoms with Crippen LogP contribution in [0.1, 0.15) is 43.2 Å². The van der Waals surface area contributed by atoms with Gasteiger partial charge >= 0.3 is 0 Å². The second-order valence-corrected chi connectivity index (χ2v) is 8.39. The van der Waals surface area contributed by atoms with Gasteiger partial charge in [0.05, 0.1) is 0 Å². The van der Waals surface area contributed by atoms with Crippen molar-refractivity contribution in [1.29, 1.82) is 0 Å². The first-order valence-corrected chi connectivity index (χ1v) is 10.2. The highest BCUT2D eigenvalue weighted by atomic mass is 79.9. The predicted octanol–water partition coefficient (Wildman–Crippen LogP) is 5.99. The number of hydrogen-bond acceptors (Lipinski definition) is 1. The lowest BCUT2D eigenvalue weighted by molar-refractivity contribution is 0.362. The van der Waals surface area contributed by atoms with Gasteiger partial charge < -0.3 is 10.6 Å². The fourth-order valence-electron chi connectivity index (χ4n) is 3.68. The van der Waals surface area contributed by atoms with Crippen LogP contribution in [-0.4, -0.2) is 10.7 Å². The van der Waals surface area contributed by atoms with Crippen LogP contribution < -0.4 is 10.6 Å². The molecule has 2 aromatic carbocycles. The number of rotatable bonds is 5.